The Hall–Kier alpha value is -3.96. The molecule has 5 rings (SSSR count). The Morgan fingerprint density at radius 3 is 1.39 bits per heavy atom. The van der Waals surface area contributed by atoms with Gasteiger partial charge in [-0.05, 0) is 85.4 Å². The summed E-state index contributed by atoms with van der Waals surface area (Å²) in [4.78, 5) is 5.34. The number of hydrogen-bond donors (Lipinski definition) is 0. The van der Waals surface area contributed by atoms with Crippen molar-refractivity contribution in [2.24, 2.45) is 0 Å². The van der Waals surface area contributed by atoms with Gasteiger partial charge in [-0.3, -0.25) is 0 Å². The van der Waals surface area contributed by atoms with Crippen LogP contribution in [0.5, 0.6) is 0 Å². The van der Waals surface area contributed by atoms with Gasteiger partial charge in [0.15, 0.2) is 0 Å². The number of thiophene rings is 2. The number of nitriles is 2. The lowest BCUT2D eigenvalue weighted by Gasteiger charge is -2.11. The molecule has 0 bridgehead atoms. The molecule has 3 aromatic carbocycles. The highest BCUT2D eigenvalue weighted by Gasteiger charge is 2.14. The molecular weight excluding hydrogens is 573 g/mol. The number of hydrogen-bond acceptors (Lipinski definition) is 4. The molecule has 0 atom stereocenters. The van der Waals surface area contributed by atoms with E-state index in [0.717, 1.165) is 45.5 Å². The molecule has 0 spiro atoms. The van der Waals surface area contributed by atoms with Crippen LogP contribution in [0, 0.1) is 22.7 Å². The average molecular weight is 613 g/mol. The molecule has 2 nitrogen and oxygen atoms in total. The minimum atomic E-state index is 0.622. The molecule has 2 aromatic heterocycles. The molecule has 0 unspecified atom stereocenters. The predicted molar refractivity (Wildman–Crippen MR) is 193 cm³/mol. The SMILES string of the molecule is CCCCCCc1ccc(/C=C/c2ccc3c(C#N)c4cc(/C=C/c5ccc(CCCCCC)s5)ccc4c(C#N)c3c2)s1. The fourth-order valence-corrected chi connectivity index (χ4v) is 7.67. The number of rotatable bonds is 14. The van der Waals surface area contributed by atoms with Crippen LogP contribution in [0.25, 0.3) is 45.8 Å². The summed E-state index contributed by atoms with van der Waals surface area (Å²) in [6.45, 7) is 4.49. The maximum atomic E-state index is 10.3. The van der Waals surface area contributed by atoms with Crippen LogP contribution < -0.4 is 0 Å². The van der Waals surface area contributed by atoms with E-state index >= 15 is 0 Å². The molecular formula is C40H40N2S2. The van der Waals surface area contributed by atoms with Crippen LogP contribution in [-0.4, -0.2) is 0 Å². The fourth-order valence-electron chi connectivity index (χ4n) is 5.76. The van der Waals surface area contributed by atoms with E-state index in [1.54, 1.807) is 0 Å². The summed E-state index contributed by atoms with van der Waals surface area (Å²) in [5, 5.41) is 23.8. The van der Waals surface area contributed by atoms with E-state index in [1.165, 1.54) is 70.9 Å². The van der Waals surface area contributed by atoms with Crippen molar-refractivity contribution in [3.8, 4) is 12.1 Å². The maximum Gasteiger partial charge on any atom is 0.100 e. The Balaban J connectivity index is 1.38. The van der Waals surface area contributed by atoms with Crippen molar-refractivity contribution >= 4 is 68.5 Å². The molecule has 222 valence electrons. The maximum absolute atomic E-state index is 10.3. The minimum absolute atomic E-state index is 0.622. The normalized spacial score (nSPS) is 11.6. The number of unbranched alkanes of at least 4 members (excludes halogenated alkanes) is 6. The monoisotopic (exact) mass is 612 g/mol. The first-order valence-corrected chi connectivity index (χ1v) is 17.6. The second-order valence-corrected chi connectivity index (χ2v) is 13.9. The number of nitrogens with zero attached hydrogens (tertiary/aromatic N) is 2. The first-order chi connectivity index (χ1) is 21.6. The molecule has 0 saturated carbocycles. The first-order valence-electron chi connectivity index (χ1n) is 16.0. The van der Waals surface area contributed by atoms with Gasteiger partial charge in [0.25, 0.3) is 0 Å². The molecule has 0 aliphatic rings. The molecule has 0 N–H and O–H groups in total. The summed E-state index contributed by atoms with van der Waals surface area (Å²) in [5.41, 5.74) is 3.29. The van der Waals surface area contributed by atoms with Crippen molar-refractivity contribution in [2.45, 2.75) is 78.1 Å². The van der Waals surface area contributed by atoms with Gasteiger partial charge < -0.3 is 0 Å². The van der Waals surface area contributed by atoms with Crippen LogP contribution in [0.1, 0.15) is 107 Å². The Morgan fingerprint density at radius 1 is 0.523 bits per heavy atom. The van der Waals surface area contributed by atoms with Gasteiger partial charge in [-0.2, -0.15) is 10.5 Å². The smallest absolute Gasteiger partial charge is 0.100 e. The van der Waals surface area contributed by atoms with Crippen LogP contribution >= 0.6 is 22.7 Å². The largest absolute Gasteiger partial charge is 0.192 e. The van der Waals surface area contributed by atoms with Gasteiger partial charge in [0.2, 0.25) is 0 Å². The fraction of sp³-hybridized carbons (Fsp3) is 0.300. The zero-order chi connectivity index (χ0) is 30.7. The second kappa shape index (κ2) is 15.7. The number of fused-ring (bicyclic) bond motifs is 2. The summed E-state index contributed by atoms with van der Waals surface area (Å²) in [6, 6.07) is 26.0. The van der Waals surface area contributed by atoms with E-state index in [0.29, 0.717) is 11.1 Å². The summed E-state index contributed by atoms with van der Waals surface area (Å²) >= 11 is 3.70. The van der Waals surface area contributed by atoms with E-state index < -0.39 is 0 Å². The summed E-state index contributed by atoms with van der Waals surface area (Å²) in [5.74, 6) is 0. The molecule has 0 aliphatic carbocycles. The van der Waals surface area contributed by atoms with Crippen molar-refractivity contribution in [3.63, 3.8) is 0 Å². The quantitative estimate of drug-likeness (QED) is 0.0925. The van der Waals surface area contributed by atoms with Crippen LogP contribution in [0.2, 0.25) is 0 Å². The lowest BCUT2D eigenvalue weighted by molar-refractivity contribution is 0.670. The second-order valence-electron chi connectivity index (χ2n) is 11.5. The van der Waals surface area contributed by atoms with E-state index in [4.69, 9.17) is 0 Å². The summed E-state index contributed by atoms with van der Waals surface area (Å²) in [6.07, 6.45) is 21.1. The molecule has 0 radical (unpaired) electrons. The lowest BCUT2D eigenvalue weighted by Crippen LogP contribution is -1.91. The molecule has 0 aliphatic heterocycles. The van der Waals surface area contributed by atoms with Crippen molar-refractivity contribution in [1.82, 2.24) is 0 Å². The summed E-state index contributed by atoms with van der Waals surface area (Å²) < 4.78 is 0. The Labute approximate surface area is 270 Å². The zero-order valence-electron chi connectivity index (χ0n) is 25.9. The Morgan fingerprint density at radius 2 is 0.977 bits per heavy atom. The minimum Gasteiger partial charge on any atom is -0.192 e. The number of benzene rings is 3. The standard InChI is InChI=1S/C40H40N2S2/c1-3-5-7-9-11-31-19-21-33(43-31)17-13-29-15-23-35-37(25-29)39(27-41)36-24-16-30(26-38(36)40(35)28-42)14-18-34-22-20-32(44-34)12-10-8-6-4-2/h13-26H,3-12H2,1-2H3/b17-13+,18-14+. The molecule has 0 amide bonds. The molecule has 4 heteroatoms. The van der Waals surface area contributed by atoms with Crippen LogP contribution in [0.15, 0.2) is 60.7 Å². The Bertz CT molecular complexity index is 1730. The molecule has 5 aromatic rings. The molecule has 0 saturated heterocycles. The topological polar surface area (TPSA) is 47.6 Å². The molecule has 2 heterocycles. The third-order valence-corrected chi connectivity index (χ3v) is 10.4. The third kappa shape index (κ3) is 7.75. The van der Waals surface area contributed by atoms with Crippen molar-refractivity contribution in [1.29, 1.82) is 10.5 Å². The van der Waals surface area contributed by atoms with E-state index in [2.05, 4.69) is 74.6 Å². The third-order valence-electron chi connectivity index (χ3n) is 8.19. The Kier molecular flexibility index (Phi) is 11.2. The van der Waals surface area contributed by atoms with Gasteiger partial charge in [-0.15, -0.1) is 22.7 Å². The molecule has 44 heavy (non-hydrogen) atoms. The van der Waals surface area contributed by atoms with E-state index in [9.17, 15) is 10.5 Å². The summed E-state index contributed by atoms with van der Waals surface area (Å²) in [7, 11) is 0. The lowest BCUT2D eigenvalue weighted by atomic mass is 9.90. The zero-order valence-corrected chi connectivity index (χ0v) is 27.5. The highest BCUT2D eigenvalue weighted by Crippen LogP contribution is 2.34. The van der Waals surface area contributed by atoms with Crippen molar-refractivity contribution in [2.75, 3.05) is 0 Å². The van der Waals surface area contributed by atoms with E-state index in [-0.39, 0.29) is 0 Å². The first kappa shape index (κ1) is 31.5. The van der Waals surface area contributed by atoms with Gasteiger partial charge in [0.05, 0.1) is 11.1 Å². The van der Waals surface area contributed by atoms with Crippen molar-refractivity contribution in [3.05, 3.63) is 102 Å². The van der Waals surface area contributed by atoms with Gasteiger partial charge >= 0.3 is 0 Å². The van der Waals surface area contributed by atoms with Crippen LogP contribution in [0.3, 0.4) is 0 Å². The van der Waals surface area contributed by atoms with Gasteiger partial charge in [0, 0.05) is 41.1 Å². The average Bonchev–Trinajstić information content (AvgIpc) is 3.71. The van der Waals surface area contributed by atoms with Gasteiger partial charge in [0.1, 0.15) is 12.1 Å². The van der Waals surface area contributed by atoms with Gasteiger partial charge in [-0.25, -0.2) is 0 Å². The number of aryl methyl sites for hydroxylation is 2. The van der Waals surface area contributed by atoms with Crippen LogP contribution in [0.4, 0.5) is 0 Å². The highest BCUT2D eigenvalue weighted by molar-refractivity contribution is 7.13. The van der Waals surface area contributed by atoms with Crippen LogP contribution in [-0.2, 0) is 12.8 Å². The molecule has 0 fully saturated rings. The van der Waals surface area contributed by atoms with E-state index in [1.807, 2.05) is 59.1 Å². The highest BCUT2D eigenvalue weighted by atomic mass is 32.1. The van der Waals surface area contributed by atoms with Crippen molar-refractivity contribution < 1.29 is 0 Å². The van der Waals surface area contributed by atoms with Gasteiger partial charge in [-0.1, -0.05) is 88.8 Å². The predicted octanol–water partition coefficient (Wildman–Crippen LogP) is 12.4.